The van der Waals surface area contributed by atoms with Crippen molar-refractivity contribution >= 4 is 23.2 Å². The second kappa shape index (κ2) is 7.70. The molecule has 1 atom stereocenters. The molecular weight excluding hydrogens is 350 g/mol. The molecule has 1 aromatic carbocycles. The van der Waals surface area contributed by atoms with Crippen molar-refractivity contribution in [3.8, 4) is 0 Å². The van der Waals surface area contributed by atoms with Crippen molar-refractivity contribution < 1.29 is 4.79 Å². The largest absolute Gasteiger partial charge is 0.331 e. The van der Waals surface area contributed by atoms with E-state index in [-0.39, 0.29) is 23.1 Å². The molecule has 26 heavy (non-hydrogen) atoms. The van der Waals surface area contributed by atoms with Gasteiger partial charge in [0.25, 0.3) is 11.5 Å². The fraction of sp³-hybridized carbons (Fsp3) is 0.250. The molecule has 0 saturated heterocycles. The summed E-state index contributed by atoms with van der Waals surface area (Å²) in [6.07, 6.45) is 3.77. The van der Waals surface area contributed by atoms with Gasteiger partial charge >= 0.3 is 0 Å². The molecule has 0 bridgehead atoms. The lowest BCUT2D eigenvalue weighted by Crippen LogP contribution is -2.40. The summed E-state index contributed by atoms with van der Waals surface area (Å²) in [6, 6.07) is 12.6. The first-order chi connectivity index (χ1) is 12.5. The quantitative estimate of drug-likeness (QED) is 0.687. The molecule has 0 radical (unpaired) electrons. The van der Waals surface area contributed by atoms with E-state index >= 15 is 0 Å². The summed E-state index contributed by atoms with van der Waals surface area (Å²) in [5.74, 6) is -0.315. The van der Waals surface area contributed by atoms with Crippen LogP contribution in [0, 0.1) is 0 Å². The highest BCUT2D eigenvalue weighted by atomic mass is 35.5. The summed E-state index contributed by atoms with van der Waals surface area (Å²) in [7, 11) is 0. The van der Waals surface area contributed by atoms with Gasteiger partial charge in [0.15, 0.2) is 0 Å². The number of hydrogen-bond donors (Lipinski definition) is 0. The van der Waals surface area contributed by atoms with Crippen molar-refractivity contribution in [2.75, 3.05) is 0 Å². The van der Waals surface area contributed by atoms with Crippen LogP contribution in [0.5, 0.6) is 0 Å². The molecule has 0 fully saturated rings. The number of pyridine rings is 1. The zero-order chi connectivity index (χ0) is 18.7. The third kappa shape index (κ3) is 3.63. The predicted molar refractivity (Wildman–Crippen MR) is 103 cm³/mol. The minimum Gasteiger partial charge on any atom is -0.331 e. The SMILES string of the molecule is CCC(C)N(Cc1ccc(Cl)cc1)C(=O)c1cnc2ccccn2c1=O. The van der Waals surface area contributed by atoms with E-state index in [9.17, 15) is 9.59 Å². The molecule has 3 aromatic rings. The van der Waals surface area contributed by atoms with E-state index in [1.54, 1.807) is 41.4 Å². The first-order valence-corrected chi connectivity index (χ1v) is 8.91. The monoisotopic (exact) mass is 369 g/mol. The lowest BCUT2D eigenvalue weighted by Gasteiger charge is -2.28. The van der Waals surface area contributed by atoms with Gasteiger partial charge in [-0.3, -0.25) is 14.0 Å². The first-order valence-electron chi connectivity index (χ1n) is 8.53. The normalized spacial score (nSPS) is 12.1. The van der Waals surface area contributed by atoms with Gasteiger partial charge in [0, 0.05) is 30.0 Å². The average Bonchev–Trinajstić information content (AvgIpc) is 2.67. The highest BCUT2D eigenvalue weighted by molar-refractivity contribution is 6.30. The van der Waals surface area contributed by atoms with Crippen LogP contribution in [0.15, 0.2) is 59.7 Å². The van der Waals surface area contributed by atoms with Gasteiger partial charge in [-0.05, 0) is 43.2 Å². The number of hydrogen-bond acceptors (Lipinski definition) is 3. The number of carbonyl (C=O) groups excluding carboxylic acids is 1. The van der Waals surface area contributed by atoms with Gasteiger partial charge < -0.3 is 4.90 Å². The standard InChI is InChI=1S/C20H20ClN3O2/c1-3-14(2)24(13-15-7-9-16(21)10-8-15)20(26)17-12-22-18-6-4-5-11-23(18)19(17)25/h4-12,14H,3,13H2,1-2H3. The van der Waals surface area contributed by atoms with Crippen molar-refractivity contribution in [3.05, 3.63) is 81.4 Å². The Bertz CT molecular complexity index is 982. The third-order valence-electron chi connectivity index (χ3n) is 4.49. The van der Waals surface area contributed by atoms with Gasteiger partial charge in [-0.1, -0.05) is 36.7 Å². The molecule has 0 saturated carbocycles. The molecule has 2 heterocycles. The Hall–Kier alpha value is -2.66. The van der Waals surface area contributed by atoms with E-state index in [1.807, 2.05) is 26.0 Å². The first kappa shape index (κ1) is 18.1. The van der Waals surface area contributed by atoms with Crippen molar-refractivity contribution in [2.45, 2.75) is 32.9 Å². The molecule has 0 aliphatic heterocycles. The number of halogens is 1. The van der Waals surface area contributed by atoms with Crippen LogP contribution < -0.4 is 5.56 Å². The average molecular weight is 370 g/mol. The number of aromatic nitrogens is 2. The molecule has 6 heteroatoms. The van der Waals surface area contributed by atoms with Crippen LogP contribution in [0.4, 0.5) is 0 Å². The lowest BCUT2D eigenvalue weighted by atomic mass is 10.1. The fourth-order valence-electron chi connectivity index (χ4n) is 2.76. The van der Waals surface area contributed by atoms with Crippen LogP contribution in [0.2, 0.25) is 5.02 Å². The second-order valence-electron chi connectivity index (χ2n) is 6.22. The zero-order valence-corrected chi connectivity index (χ0v) is 15.5. The fourth-order valence-corrected chi connectivity index (χ4v) is 2.89. The van der Waals surface area contributed by atoms with Crippen LogP contribution in [0.25, 0.3) is 5.65 Å². The van der Waals surface area contributed by atoms with Gasteiger partial charge in [0.1, 0.15) is 11.2 Å². The highest BCUT2D eigenvalue weighted by Gasteiger charge is 2.24. The van der Waals surface area contributed by atoms with E-state index in [4.69, 9.17) is 11.6 Å². The minimum absolute atomic E-state index is 0.0194. The maximum Gasteiger partial charge on any atom is 0.270 e. The van der Waals surface area contributed by atoms with Crippen LogP contribution in [-0.4, -0.2) is 26.2 Å². The Balaban J connectivity index is 1.99. The van der Waals surface area contributed by atoms with Crippen molar-refractivity contribution in [1.29, 1.82) is 0 Å². The summed E-state index contributed by atoms with van der Waals surface area (Å²) in [5, 5.41) is 0.646. The van der Waals surface area contributed by atoms with Crippen LogP contribution in [0.3, 0.4) is 0 Å². The molecule has 0 aliphatic carbocycles. The maximum atomic E-state index is 13.1. The molecular formula is C20H20ClN3O2. The maximum absolute atomic E-state index is 13.1. The van der Waals surface area contributed by atoms with Crippen molar-refractivity contribution in [3.63, 3.8) is 0 Å². The Kier molecular flexibility index (Phi) is 5.38. The van der Waals surface area contributed by atoms with E-state index in [2.05, 4.69) is 4.98 Å². The number of amides is 1. The van der Waals surface area contributed by atoms with Gasteiger partial charge in [0.2, 0.25) is 0 Å². The molecule has 0 spiro atoms. The van der Waals surface area contributed by atoms with Gasteiger partial charge in [-0.15, -0.1) is 0 Å². The topological polar surface area (TPSA) is 54.7 Å². The highest BCUT2D eigenvalue weighted by Crippen LogP contribution is 2.16. The summed E-state index contributed by atoms with van der Waals surface area (Å²) in [4.78, 5) is 31.8. The molecule has 1 amide bonds. The summed E-state index contributed by atoms with van der Waals surface area (Å²) >= 11 is 5.94. The number of rotatable bonds is 5. The second-order valence-corrected chi connectivity index (χ2v) is 6.66. The molecule has 1 unspecified atom stereocenters. The van der Waals surface area contributed by atoms with Gasteiger partial charge in [0.05, 0.1) is 0 Å². The smallest absolute Gasteiger partial charge is 0.270 e. The summed E-state index contributed by atoms with van der Waals surface area (Å²) < 4.78 is 1.39. The van der Waals surface area contributed by atoms with Crippen molar-refractivity contribution in [1.82, 2.24) is 14.3 Å². The van der Waals surface area contributed by atoms with Crippen molar-refractivity contribution in [2.24, 2.45) is 0 Å². The third-order valence-corrected chi connectivity index (χ3v) is 4.75. The minimum atomic E-state index is -0.356. The van der Waals surface area contributed by atoms with Crippen LogP contribution in [-0.2, 0) is 6.54 Å². The molecule has 0 aliphatic rings. The Morgan fingerprint density at radius 3 is 2.65 bits per heavy atom. The number of carbonyl (C=O) groups is 1. The van der Waals surface area contributed by atoms with Crippen LogP contribution in [0.1, 0.15) is 36.2 Å². The van der Waals surface area contributed by atoms with E-state index in [1.165, 1.54) is 10.6 Å². The van der Waals surface area contributed by atoms with E-state index in [0.29, 0.717) is 17.2 Å². The number of benzene rings is 1. The molecule has 2 aromatic heterocycles. The predicted octanol–water partition coefficient (Wildman–Crippen LogP) is 3.79. The molecule has 0 N–H and O–H groups in total. The molecule has 5 nitrogen and oxygen atoms in total. The molecule has 3 rings (SSSR count). The van der Waals surface area contributed by atoms with Crippen LogP contribution >= 0.6 is 11.6 Å². The summed E-state index contributed by atoms with van der Waals surface area (Å²) in [5.41, 5.74) is 1.19. The van der Waals surface area contributed by atoms with Gasteiger partial charge in [-0.25, -0.2) is 4.98 Å². The van der Waals surface area contributed by atoms with E-state index in [0.717, 1.165) is 12.0 Å². The Morgan fingerprint density at radius 2 is 1.96 bits per heavy atom. The number of nitrogens with zero attached hydrogens (tertiary/aromatic N) is 3. The number of fused-ring (bicyclic) bond motifs is 1. The Labute approximate surface area is 156 Å². The molecule has 134 valence electrons. The summed E-state index contributed by atoms with van der Waals surface area (Å²) in [6.45, 7) is 4.39. The zero-order valence-electron chi connectivity index (χ0n) is 14.7. The lowest BCUT2D eigenvalue weighted by molar-refractivity contribution is 0.0669. The van der Waals surface area contributed by atoms with E-state index < -0.39 is 0 Å². The van der Waals surface area contributed by atoms with Gasteiger partial charge in [-0.2, -0.15) is 0 Å². The Morgan fingerprint density at radius 1 is 1.23 bits per heavy atom.